The van der Waals surface area contributed by atoms with E-state index in [0.717, 1.165) is 6.07 Å². The molecule has 2 rings (SSSR count). The van der Waals surface area contributed by atoms with E-state index in [-0.39, 0.29) is 11.6 Å². The molecule has 114 valence electrons. The first kappa shape index (κ1) is 15.4. The molecule has 2 aromatic rings. The first-order valence-corrected chi connectivity index (χ1v) is 5.88. The summed E-state index contributed by atoms with van der Waals surface area (Å²) >= 11 is 0. The van der Waals surface area contributed by atoms with Crippen molar-refractivity contribution >= 4 is 0 Å². The molecule has 0 radical (unpaired) electrons. The van der Waals surface area contributed by atoms with Crippen LogP contribution in [-0.2, 0) is 12.4 Å². The number of hydrogen-bond acceptors (Lipinski definition) is 1. The molecule has 0 fully saturated rings. The molecule has 0 N–H and O–H groups in total. The monoisotopic (exact) mass is 308 g/mol. The third-order valence-electron chi connectivity index (χ3n) is 3.06. The minimum absolute atomic E-state index is 0.134. The second-order valence-electron chi connectivity index (χ2n) is 4.46. The molecule has 1 aromatic heterocycles. The van der Waals surface area contributed by atoms with Crippen LogP contribution in [0.15, 0.2) is 36.7 Å². The maximum absolute atomic E-state index is 13.0. The highest BCUT2D eigenvalue weighted by Crippen LogP contribution is 2.39. The first-order chi connectivity index (χ1) is 9.60. The van der Waals surface area contributed by atoms with Crippen LogP contribution in [0.5, 0.6) is 0 Å². The number of hydrogen-bond donors (Lipinski definition) is 0. The number of aromatic nitrogens is 2. The van der Waals surface area contributed by atoms with Gasteiger partial charge in [-0.2, -0.15) is 31.4 Å². The highest BCUT2D eigenvalue weighted by Gasteiger charge is 2.39. The largest absolute Gasteiger partial charge is 0.416 e. The second kappa shape index (κ2) is 5.09. The van der Waals surface area contributed by atoms with E-state index >= 15 is 0 Å². The predicted octanol–water partition coefficient (Wildman–Crippen LogP) is 4.53. The van der Waals surface area contributed by atoms with E-state index in [4.69, 9.17) is 0 Å². The Morgan fingerprint density at radius 1 is 1.05 bits per heavy atom. The minimum Gasteiger partial charge on any atom is -0.266 e. The molecule has 0 aliphatic heterocycles. The van der Waals surface area contributed by atoms with Crippen LogP contribution in [0.4, 0.5) is 26.3 Å². The number of nitrogens with zero attached hydrogens (tertiary/aromatic N) is 2. The smallest absolute Gasteiger partial charge is 0.266 e. The van der Waals surface area contributed by atoms with E-state index in [0.29, 0.717) is 6.07 Å². The molecule has 0 aliphatic carbocycles. The number of benzene rings is 1. The first-order valence-electron chi connectivity index (χ1n) is 5.88. The molecule has 0 bridgehead atoms. The number of halogens is 6. The second-order valence-corrected chi connectivity index (χ2v) is 4.46. The number of rotatable bonds is 2. The molecule has 8 heteroatoms. The van der Waals surface area contributed by atoms with Gasteiger partial charge >= 0.3 is 12.4 Å². The molecular weight excluding hydrogens is 298 g/mol. The van der Waals surface area contributed by atoms with Crippen molar-refractivity contribution in [3.8, 4) is 0 Å². The van der Waals surface area contributed by atoms with Crippen LogP contribution < -0.4 is 0 Å². The van der Waals surface area contributed by atoms with Crippen LogP contribution in [0.1, 0.15) is 29.7 Å². The molecule has 1 aromatic carbocycles. The molecule has 1 atom stereocenters. The quantitative estimate of drug-likeness (QED) is 0.745. The van der Waals surface area contributed by atoms with E-state index in [2.05, 4.69) is 5.10 Å². The molecule has 0 spiro atoms. The van der Waals surface area contributed by atoms with Crippen molar-refractivity contribution in [2.24, 2.45) is 0 Å². The predicted molar refractivity (Wildman–Crippen MR) is 62.5 cm³/mol. The van der Waals surface area contributed by atoms with Crippen molar-refractivity contribution < 1.29 is 26.3 Å². The summed E-state index contributed by atoms with van der Waals surface area (Å²) in [6.45, 7) is 1.44. The van der Waals surface area contributed by atoms with Crippen molar-refractivity contribution in [1.82, 2.24) is 9.78 Å². The Kier molecular flexibility index (Phi) is 3.73. The lowest BCUT2D eigenvalue weighted by atomic mass is 9.98. The van der Waals surface area contributed by atoms with Crippen molar-refractivity contribution in [2.45, 2.75) is 25.3 Å². The van der Waals surface area contributed by atoms with E-state index < -0.39 is 29.5 Å². The average molecular weight is 308 g/mol. The van der Waals surface area contributed by atoms with Gasteiger partial charge in [0.2, 0.25) is 0 Å². The Morgan fingerprint density at radius 3 is 2.19 bits per heavy atom. The summed E-state index contributed by atoms with van der Waals surface area (Å²) < 4.78 is 78.0. The van der Waals surface area contributed by atoms with Gasteiger partial charge in [0.15, 0.2) is 0 Å². The molecule has 1 unspecified atom stereocenters. The highest BCUT2D eigenvalue weighted by molar-refractivity contribution is 5.37. The van der Waals surface area contributed by atoms with Gasteiger partial charge in [0, 0.05) is 12.4 Å². The standard InChI is InChI=1S/C13H10F6N2/c1-8(21-6-2-5-20-21)10-4-3-9(12(14,15)16)7-11(10)13(17,18)19/h2-8H,1H3. The lowest BCUT2D eigenvalue weighted by molar-refractivity contribution is -0.143. The molecule has 2 nitrogen and oxygen atoms in total. The van der Waals surface area contributed by atoms with Gasteiger partial charge in [-0.1, -0.05) is 6.07 Å². The van der Waals surface area contributed by atoms with Gasteiger partial charge < -0.3 is 0 Å². The van der Waals surface area contributed by atoms with E-state index in [1.807, 2.05) is 0 Å². The van der Waals surface area contributed by atoms with Gasteiger partial charge in [-0.25, -0.2) is 0 Å². The summed E-state index contributed by atoms with van der Waals surface area (Å²) in [5.74, 6) is 0. The van der Waals surface area contributed by atoms with Gasteiger partial charge in [0.25, 0.3) is 0 Å². The molecule has 21 heavy (non-hydrogen) atoms. The van der Waals surface area contributed by atoms with Crippen LogP contribution in [0, 0.1) is 0 Å². The van der Waals surface area contributed by atoms with Gasteiger partial charge in [0.05, 0.1) is 17.2 Å². The molecule has 0 saturated heterocycles. The maximum Gasteiger partial charge on any atom is 0.416 e. The van der Waals surface area contributed by atoms with Gasteiger partial charge in [-0.05, 0) is 30.7 Å². The van der Waals surface area contributed by atoms with Gasteiger partial charge in [0.1, 0.15) is 0 Å². The molecular formula is C13H10F6N2. The van der Waals surface area contributed by atoms with Crippen LogP contribution in [0.25, 0.3) is 0 Å². The third kappa shape index (κ3) is 3.20. The fourth-order valence-electron chi connectivity index (χ4n) is 1.99. The maximum atomic E-state index is 13.0. The SMILES string of the molecule is CC(c1ccc(C(F)(F)F)cc1C(F)(F)F)n1cccn1. The zero-order chi connectivity index (χ0) is 15.8. The summed E-state index contributed by atoms with van der Waals surface area (Å²) in [5.41, 5.74) is -2.90. The third-order valence-corrected chi connectivity index (χ3v) is 3.06. The van der Waals surface area contributed by atoms with Crippen LogP contribution in [0.2, 0.25) is 0 Å². The Balaban J connectivity index is 2.56. The summed E-state index contributed by atoms with van der Waals surface area (Å²) in [6, 6.07) is 2.31. The Hall–Kier alpha value is -1.99. The molecule has 1 heterocycles. The molecule has 0 amide bonds. The topological polar surface area (TPSA) is 17.8 Å². The van der Waals surface area contributed by atoms with Crippen molar-refractivity contribution in [3.05, 3.63) is 53.3 Å². The van der Waals surface area contributed by atoms with Crippen molar-refractivity contribution in [2.75, 3.05) is 0 Å². The lowest BCUT2D eigenvalue weighted by Crippen LogP contribution is -2.17. The fraction of sp³-hybridized carbons (Fsp3) is 0.308. The Bertz CT molecular complexity index is 613. The van der Waals surface area contributed by atoms with Gasteiger partial charge in [-0.15, -0.1) is 0 Å². The van der Waals surface area contributed by atoms with Crippen LogP contribution in [0.3, 0.4) is 0 Å². The summed E-state index contributed by atoms with van der Waals surface area (Å²) in [4.78, 5) is 0. The summed E-state index contributed by atoms with van der Waals surface area (Å²) in [6.07, 6.45) is -6.87. The summed E-state index contributed by atoms with van der Waals surface area (Å²) in [7, 11) is 0. The Morgan fingerprint density at radius 2 is 1.71 bits per heavy atom. The van der Waals surface area contributed by atoms with E-state index in [1.54, 1.807) is 0 Å². The van der Waals surface area contributed by atoms with Crippen molar-refractivity contribution in [3.63, 3.8) is 0 Å². The molecule has 0 saturated carbocycles. The van der Waals surface area contributed by atoms with E-state index in [1.165, 1.54) is 30.1 Å². The van der Waals surface area contributed by atoms with Crippen molar-refractivity contribution in [1.29, 1.82) is 0 Å². The van der Waals surface area contributed by atoms with Crippen LogP contribution in [-0.4, -0.2) is 9.78 Å². The highest BCUT2D eigenvalue weighted by atomic mass is 19.4. The Labute approximate surface area is 116 Å². The number of alkyl halides is 6. The van der Waals surface area contributed by atoms with E-state index in [9.17, 15) is 26.3 Å². The normalized spacial score (nSPS) is 14.2. The molecule has 0 aliphatic rings. The summed E-state index contributed by atoms with van der Waals surface area (Å²) in [5, 5.41) is 3.81. The van der Waals surface area contributed by atoms with Crippen LogP contribution >= 0.6 is 0 Å². The fourth-order valence-corrected chi connectivity index (χ4v) is 1.99. The van der Waals surface area contributed by atoms with Gasteiger partial charge in [-0.3, -0.25) is 4.68 Å². The zero-order valence-corrected chi connectivity index (χ0v) is 10.7. The lowest BCUT2D eigenvalue weighted by Gasteiger charge is -2.20. The average Bonchev–Trinajstić information content (AvgIpc) is 2.89. The minimum atomic E-state index is -4.88. The zero-order valence-electron chi connectivity index (χ0n) is 10.7.